The van der Waals surface area contributed by atoms with Crippen LogP contribution in [0.15, 0.2) is 24.3 Å². The Balaban J connectivity index is 1.49. The second-order valence-electron chi connectivity index (χ2n) is 6.44. The number of hydrogen-bond donors (Lipinski definition) is 2. The summed E-state index contributed by atoms with van der Waals surface area (Å²) in [4.78, 5) is 24.4. The molecule has 0 radical (unpaired) electrons. The normalized spacial score (nSPS) is 14.9. The van der Waals surface area contributed by atoms with Crippen molar-refractivity contribution < 1.29 is 9.72 Å². The van der Waals surface area contributed by atoms with Crippen LogP contribution in [0.4, 0.5) is 11.4 Å². The van der Waals surface area contributed by atoms with E-state index in [4.69, 9.17) is 0 Å². The van der Waals surface area contributed by atoms with Crippen molar-refractivity contribution in [2.24, 2.45) is 0 Å². The van der Waals surface area contributed by atoms with Crippen LogP contribution in [-0.4, -0.2) is 48.5 Å². The van der Waals surface area contributed by atoms with Crippen molar-refractivity contribution in [1.82, 2.24) is 10.2 Å². The lowest BCUT2D eigenvalue weighted by atomic mass is 10.1. The van der Waals surface area contributed by atoms with Gasteiger partial charge >= 0.3 is 0 Å². The molecule has 7 nitrogen and oxygen atoms in total. The summed E-state index contributed by atoms with van der Waals surface area (Å²) in [5, 5.41) is 16.7. The first kappa shape index (κ1) is 19.2. The average molecular weight is 348 g/mol. The number of likely N-dealkylation sites (tertiary alicyclic amines) is 1. The van der Waals surface area contributed by atoms with Crippen molar-refractivity contribution in [3.63, 3.8) is 0 Å². The molecular weight excluding hydrogens is 320 g/mol. The summed E-state index contributed by atoms with van der Waals surface area (Å²) >= 11 is 0. The lowest BCUT2D eigenvalue weighted by molar-refractivity contribution is -0.384. The highest BCUT2D eigenvalue weighted by molar-refractivity contribution is 5.75. The van der Waals surface area contributed by atoms with Gasteiger partial charge < -0.3 is 15.5 Å². The van der Waals surface area contributed by atoms with Gasteiger partial charge in [0, 0.05) is 37.3 Å². The molecule has 2 rings (SSSR count). The maximum Gasteiger partial charge on any atom is 0.269 e. The van der Waals surface area contributed by atoms with E-state index in [-0.39, 0.29) is 11.6 Å². The van der Waals surface area contributed by atoms with Crippen molar-refractivity contribution in [1.29, 1.82) is 0 Å². The molecule has 138 valence electrons. The van der Waals surface area contributed by atoms with E-state index in [0.717, 1.165) is 31.6 Å². The largest absolute Gasteiger partial charge is 0.385 e. The molecule has 0 bridgehead atoms. The van der Waals surface area contributed by atoms with E-state index in [0.29, 0.717) is 13.0 Å². The molecule has 0 unspecified atom stereocenters. The van der Waals surface area contributed by atoms with Gasteiger partial charge in [0.05, 0.1) is 4.92 Å². The SMILES string of the molecule is O=C(CCCNc1ccc([N+](=O)[O-])cc1)NCCCN1CCCCC1. The van der Waals surface area contributed by atoms with Gasteiger partial charge in [0.1, 0.15) is 0 Å². The molecule has 1 aromatic carbocycles. The fourth-order valence-electron chi connectivity index (χ4n) is 2.98. The van der Waals surface area contributed by atoms with E-state index in [2.05, 4.69) is 15.5 Å². The number of rotatable bonds is 10. The van der Waals surface area contributed by atoms with Crippen LogP contribution < -0.4 is 10.6 Å². The molecule has 0 saturated carbocycles. The van der Waals surface area contributed by atoms with Gasteiger partial charge in [0.25, 0.3) is 5.69 Å². The Morgan fingerprint density at radius 2 is 1.80 bits per heavy atom. The van der Waals surface area contributed by atoms with Gasteiger partial charge in [-0.15, -0.1) is 0 Å². The number of carbonyl (C=O) groups excluding carboxylic acids is 1. The maximum absolute atomic E-state index is 11.8. The molecule has 1 aliphatic heterocycles. The smallest absolute Gasteiger partial charge is 0.269 e. The number of benzene rings is 1. The molecule has 25 heavy (non-hydrogen) atoms. The molecule has 0 aromatic heterocycles. The first-order valence-electron chi connectivity index (χ1n) is 9.12. The Hall–Kier alpha value is -2.15. The summed E-state index contributed by atoms with van der Waals surface area (Å²) in [5.41, 5.74) is 0.905. The fraction of sp³-hybridized carbons (Fsp3) is 0.611. The van der Waals surface area contributed by atoms with Gasteiger partial charge in [-0.1, -0.05) is 6.42 Å². The summed E-state index contributed by atoms with van der Waals surface area (Å²) in [6.45, 7) is 4.87. The third-order valence-electron chi connectivity index (χ3n) is 4.41. The van der Waals surface area contributed by atoms with E-state index in [9.17, 15) is 14.9 Å². The number of non-ortho nitro benzene ring substituents is 1. The predicted octanol–water partition coefficient (Wildman–Crippen LogP) is 2.78. The zero-order valence-electron chi connectivity index (χ0n) is 14.7. The molecule has 0 atom stereocenters. The molecule has 1 aliphatic rings. The van der Waals surface area contributed by atoms with Gasteiger partial charge in [0.2, 0.25) is 5.91 Å². The van der Waals surface area contributed by atoms with Crippen LogP contribution in [0.3, 0.4) is 0 Å². The number of amides is 1. The zero-order valence-corrected chi connectivity index (χ0v) is 14.7. The van der Waals surface area contributed by atoms with Gasteiger partial charge in [-0.25, -0.2) is 0 Å². The third-order valence-corrected chi connectivity index (χ3v) is 4.41. The van der Waals surface area contributed by atoms with Crippen LogP contribution >= 0.6 is 0 Å². The summed E-state index contributed by atoms with van der Waals surface area (Å²) < 4.78 is 0. The lowest BCUT2D eigenvalue weighted by Crippen LogP contribution is -2.33. The number of nitrogens with one attached hydrogen (secondary N) is 2. The summed E-state index contributed by atoms with van der Waals surface area (Å²) in [7, 11) is 0. The van der Waals surface area contributed by atoms with Crippen molar-refractivity contribution in [2.45, 2.75) is 38.5 Å². The van der Waals surface area contributed by atoms with E-state index in [1.165, 1.54) is 44.5 Å². The molecular formula is C18H28N4O3. The Labute approximate surface area is 148 Å². The van der Waals surface area contributed by atoms with Crippen LogP contribution in [0.5, 0.6) is 0 Å². The topological polar surface area (TPSA) is 87.5 Å². The van der Waals surface area contributed by atoms with Crippen LogP contribution in [-0.2, 0) is 4.79 Å². The van der Waals surface area contributed by atoms with Crippen molar-refractivity contribution in [2.75, 3.05) is 38.0 Å². The highest BCUT2D eigenvalue weighted by Crippen LogP contribution is 2.15. The van der Waals surface area contributed by atoms with Gasteiger partial charge in [-0.2, -0.15) is 0 Å². The molecule has 1 aromatic rings. The van der Waals surface area contributed by atoms with Crippen molar-refractivity contribution in [3.8, 4) is 0 Å². The van der Waals surface area contributed by atoms with Gasteiger partial charge in [-0.3, -0.25) is 14.9 Å². The fourth-order valence-corrected chi connectivity index (χ4v) is 2.98. The molecule has 1 saturated heterocycles. The predicted molar refractivity (Wildman–Crippen MR) is 98.7 cm³/mol. The number of nitro groups is 1. The van der Waals surface area contributed by atoms with Crippen molar-refractivity contribution in [3.05, 3.63) is 34.4 Å². The van der Waals surface area contributed by atoms with Crippen LogP contribution in [0.1, 0.15) is 38.5 Å². The van der Waals surface area contributed by atoms with E-state index < -0.39 is 4.92 Å². The minimum absolute atomic E-state index is 0.0782. The minimum Gasteiger partial charge on any atom is -0.385 e. The van der Waals surface area contributed by atoms with Gasteiger partial charge in [-0.05, 0) is 57.5 Å². The number of piperidine rings is 1. The molecule has 1 amide bonds. The lowest BCUT2D eigenvalue weighted by Gasteiger charge is -2.26. The summed E-state index contributed by atoms with van der Waals surface area (Å²) in [6.07, 6.45) is 6.18. The minimum atomic E-state index is -0.417. The molecule has 7 heteroatoms. The number of nitro benzene ring substituents is 1. The Morgan fingerprint density at radius 1 is 1.08 bits per heavy atom. The van der Waals surface area contributed by atoms with E-state index in [1.54, 1.807) is 12.1 Å². The highest BCUT2D eigenvalue weighted by atomic mass is 16.6. The number of hydrogen-bond acceptors (Lipinski definition) is 5. The Morgan fingerprint density at radius 3 is 2.48 bits per heavy atom. The van der Waals surface area contributed by atoms with Gasteiger partial charge in [0.15, 0.2) is 0 Å². The first-order valence-corrected chi connectivity index (χ1v) is 9.12. The molecule has 2 N–H and O–H groups in total. The maximum atomic E-state index is 11.8. The summed E-state index contributed by atoms with van der Waals surface area (Å²) in [6, 6.07) is 6.30. The quantitative estimate of drug-likeness (QED) is 0.386. The summed E-state index contributed by atoms with van der Waals surface area (Å²) in [5.74, 6) is 0.0872. The average Bonchev–Trinajstić information content (AvgIpc) is 2.63. The monoisotopic (exact) mass is 348 g/mol. The first-order chi connectivity index (χ1) is 12.1. The van der Waals surface area contributed by atoms with E-state index in [1.807, 2.05) is 0 Å². The van der Waals surface area contributed by atoms with Crippen LogP contribution in [0.2, 0.25) is 0 Å². The van der Waals surface area contributed by atoms with E-state index >= 15 is 0 Å². The highest BCUT2D eigenvalue weighted by Gasteiger charge is 2.09. The molecule has 1 heterocycles. The number of nitrogens with zero attached hydrogens (tertiary/aromatic N) is 2. The standard InChI is InChI=1S/C18H28N4O3/c23-18(20-12-5-15-21-13-2-1-3-14-21)6-4-11-19-16-7-9-17(10-8-16)22(24)25/h7-10,19H,1-6,11-15H2,(H,20,23). The Kier molecular flexibility index (Phi) is 8.18. The second kappa shape index (κ2) is 10.7. The van der Waals surface area contributed by atoms with Crippen LogP contribution in [0.25, 0.3) is 0 Å². The molecule has 0 spiro atoms. The Bertz CT molecular complexity index is 542. The second-order valence-corrected chi connectivity index (χ2v) is 6.44. The molecule has 1 fully saturated rings. The zero-order chi connectivity index (χ0) is 17.9. The van der Waals surface area contributed by atoms with Crippen molar-refractivity contribution >= 4 is 17.3 Å². The molecule has 0 aliphatic carbocycles. The van der Waals surface area contributed by atoms with Crippen LogP contribution in [0, 0.1) is 10.1 Å². The number of anilines is 1. The number of carbonyl (C=O) groups is 1. The third kappa shape index (κ3) is 7.51.